The summed E-state index contributed by atoms with van der Waals surface area (Å²) in [5.74, 6) is -0.134. The molecule has 0 bridgehead atoms. The molecule has 1 amide bonds. The highest BCUT2D eigenvalue weighted by molar-refractivity contribution is 5.76. The van der Waals surface area contributed by atoms with E-state index in [0.29, 0.717) is 25.6 Å². The van der Waals surface area contributed by atoms with Crippen molar-refractivity contribution in [3.63, 3.8) is 0 Å². The molecule has 0 heterocycles. The molecule has 1 saturated carbocycles. The van der Waals surface area contributed by atoms with Gasteiger partial charge in [0.2, 0.25) is 5.91 Å². The van der Waals surface area contributed by atoms with Gasteiger partial charge in [-0.2, -0.15) is 0 Å². The molecule has 0 radical (unpaired) electrons. The van der Waals surface area contributed by atoms with E-state index in [4.69, 9.17) is 4.74 Å². The van der Waals surface area contributed by atoms with Gasteiger partial charge in [0.05, 0.1) is 13.2 Å². The van der Waals surface area contributed by atoms with Gasteiger partial charge >= 0.3 is 5.97 Å². The van der Waals surface area contributed by atoms with Crippen LogP contribution >= 0.6 is 0 Å². The predicted molar refractivity (Wildman–Crippen MR) is 59.9 cm³/mol. The molecule has 1 aliphatic carbocycles. The van der Waals surface area contributed by atoms with Gasteiger partial charge in [0.15, 0.2) is 0 Å². The highest BCUT2D eigenvalue weighted by Crippen LogP contribution is 2.18. The molecule has 0 spiro atoms. The molecule has 1 fully saturated rings. The van der Waals surface area contributed by atoms with Gasteiger partial charge in [-0.05, 0) is 32.7 Å². The van der Waals surface area contributed by atoms with Crippen molar-refractivity contribution in [2.45, 2.75) is 38.6 Å². The van der Waals surface area contributed by atoms with Gasteiger partial charge < -0.3 is 15.4 Å². The maximum atomic E-state index is 11.3. The average molecular weight is 228 g/mol. The molecule has 1 rings (SSSR count). The molecule has 5 nitrogen and oxygen atoms in total. The largest absolute Gasteiger partial charge is 0.465 e. The first-order valence-electron chi connectivity index (χ1n) is 5.88. The Morgan fingerprint density at radius 1 is 1.38 bits per heavy atom. The number of ether oxygens (including phenoxy) is 1. The highest BCUT2D eigenvalue weighted by atomic mass is 16.5. The number of nitrogens with one attached hydrogen (secondary N) is 2. The zero-order chi connectivity index (χ0) is 11.8. The summed E-state index contributed by atoms with van der Waals surface area (Å²) in [5, 5.41) is 5.86. The number of amides is 1. The molecular formula is C11H20N2O3. The fourth-order valence-electron chi connectivity index (χ4n) is 1.30. The van der Waals surface area contributed by atoms with Crippen molar-refractivity contribution in [3.8, 4) is 0 Å². The second-order valence-electron chi connectivity index (χ2n) is 3.93. The van der Waals surface area contributed by atoms with E-state index in [9.17, 15) is 9.59 Å². The van der Waals surface area contributed by atoms with Crippen LogP contribution in [0.2, 0.25) is 0 Å². The van der Waals surface area contributed by atoms with E-state index in [-0.39, 0.29) is 18.4 Å². The Bertz CT molecular complexity index is 239. The van der Waals surface area contributed by atoms with E-state index >= 15 is 0 Å². The normalized spacial score (nSPS) is 14.6. The van der Waals surface area contributed by atoms with Crippen LogP contribution in [0, 0.1) is 0 Å². The van der Waals surface area contributed by atoms with Gasteiger partial charge in [-0.25, -0.2) is 0 Å². The molecular weight excluding hydrogens is 208 g/mol. The fourth-order valence-corrected chi connectivity index (χ4v) is 1.30. The quantitative estimate of drug-likeness (QED) is 0.460. The van der Waals surface area contributed by atoms with Crippen LogP contribution < -0.4 is 10.6 Å². The third-order valence-electron chi connectivity index (χ3n) is 2.27. The van der Waals surface area contributed by atoms with E-state index in [0.717, 1.165) is 19.3 Å². The lowest BCUT2D eigenvalue weighted by Crippen LogP contribution is -2.28. The summed E-state index contributed by atoms with van der Waals surface area (Å²) < 4.78 is 4.75. The van der Waals surface area contributed by atoms with Crippen LogP contribution in [-0.2, 0) is 14.3 Å². The second-order valence-corrected chi connectivity index (χ2v) is 3.93. The monoisotopic (exact) mass is 228 g/mol. The lowest BCUT2D eigenvalue weighted by molar-refractivity contribution is -0.141. The lowest BCUT2D eigenvalue weighted by Gasteiger charge is -2.05. The lowest BCUT2D eigenvalue weighted by atomic mass is 10.3. The minimum Gasteiger partial charge on any atom is -0.465 e. The first kappa shape index (κ1) is 13.0. The molecule has 0 saturated heterocycles. The van der Waals surface area contributed by atoms with Crippen molar-refractivity contribution < 1.29 is 14.3 Å². The van der Waals surface area contributed by atoms with Crippen LogP contribution in [0.15, 0.2) is 0 Å². The molecule has 0 aliphatic heterocycles. The van der Waals surface area contributed by atoms with Crippen molar-refractivity contribution in [2.75, 3.05) is 19.7 Å². The summed E-state index contributed by atoms with van der Waals surface area (Å²) in [4.78, 5) is 22.2. The zero-order valence-corrected chi connectivity index (χ0v) is 9.75. The smallest absolute Gasteiger partial charge is 0.319 e. The Labute approximate surface area is 95.9 Å². The van der Waals surface area contributed by atoms with Crippen LogP contribution in [0.1, 0.15) is 32.6 Å². The SMILES string of the molecule is CCOC(=O)CNCCCC(=O)NC1CC1. The van der Waals surface area contributed by atoms with E-state index in [1.807, 2.05) is 0 Å². The Morgan fingerprint density at radius 3 is 2.75 bits per heavy atom. The summed E-state index contributed by atoms with van der Waals surface area (Å²) in [7, 11) is 0. The van der Waals surface area contributed by atoms with E-state index in [1.165, 1.54) is 0 Å². The van der Waals surface area contributed by atoms with Crippen molar-refractivity contribution in [1.29, 1.82) is 0 Å². The number of esters is 1. The first-order chi connectivity index (χ1) is 7.72. The van der Waals surface area contributed by atoms with E-state index in [1.54, 1.807) is 6.92 Å². The number of carbonyl (C=O) groups is 2. The molecule has 5 heteroatoms. The highest BCUT2D eigenvalue weighted by Gasteiger charge is 2.22. The zero-order valence-electron chi connectivity index (χ0n) is 9.75. The minimum absolute atomic E-state index is 0.112. The molecule has 1 aliphatic rings. The molecule has 0 aromatic rings. The van der Waals surface area contributed by atoms with Gasteiger partial charge in [-0.3, -0.25) is 9.59 Å². The maximum absolute atomic E-state index is 11.3. The molecule has 0 unspecified atom stereocenters. The standard InChI is InChI=1S/C11H20N2O3/c1-2-16-11(15)8-12-7-3-4-10(14)13-9-5-6-9/h9,12H,2-8H2,1H3,(H,13,14). The molecule has 2 N–H and O–H groups in total. The van der Waals surface area contributed by atoms with Crippen LogP contribution in [0.4, 0.5) is 0 Å². The minimum atomic E-state index is -0.245. The van der Waals surface area contributed by atoms with Crippen LogP contribution in [0.3, 0.4) is 0 Å². The number of hydrogen-bond acceptors (Lipinski definition) is 4. The van der Waals surface area contributed by atoms with Gasteiger partial charge in [0, 0.05) is 12.5 Å². The van der Waals surface area contributed by atoms with Gasteiger partial charge in [-0.1, -0.05) is 0 Å². The van der Waals surface area contributed by atoms with Crippen molar-refractivity contribution in [3.05, 3.63) is 0 Å². The Kier molecular flexibility index (Phi) is 5.85. The average Bonchev–Trinajstić information content (AvgIpc) is 3.01. The first-order valence-corrected chi connectivity index (χ1v) is 5.88. The number of hydrogen-bond donors (Lipinski definition) is 2. The summed E-state index contributed by atoms with van der Waals surface area (Å²) >= 11 is 0. The van der Waals surface area contributed by atoms with Crippen molar-refractivity contribution >= 4 is 11.9 Å². The molecule has 16 heavy (non-hydrogen) atoms. The van der Waals surface area contributed by atoms with Crippen LogP contribution in [0.25, 0.3) is 0 Å². The third kappa shape index (κ3) is 6.40. The van der Waals surface area contributed by atoms with Crippen molar-refractivity contribution in [1.82, 2.24) is 10.6 Å². The second kappa shape index (κ2) is 7.22. The third-order valence-corrected chi connectivity index (χ3v) is 2.27. The molecule has 0 aromatic heterocycles. The Hall–Kier alpha value is -1.10. The van der Waals surface area contributed by atoms with Crippen LogP contribution in [0.5, 0.6) is 0 Å². The molecule has 92 valence electrons. The van der Waals surface area contributed by atoms with E-state index in [2.05, 4.69) is 10.6 Å². The van der Waals surface area contributed by atoms with Crippen molar-refractivity contribution in [2.24, 2.45) is 0 Å². The summed E-state index contributed by atoms with van der Waals surface area (Å²) in [6.07, 6.45) is 3.50. The predicted octanol–water partition coefficient (Wildman–Crippen LogP) is 0.198. The van der Waals surface area contributed by atoms with Gasteiger partial charge in [0.1, 0.15) is 0 Å². The summed E-state index contributed by atoms with van der Waals surface area (Å²) in [6, 6.07) is 0.431. The maximum Gasteiger partial charge on any atom is 0.319 e. The summed E-state index contributed by atoms with van der Waals surface area (Å²) in [6.45, 7) is 3.07. The number of carbonyl (C=O) groups excluding carboxylic acids is 2. The summed E-state index contributed by atoms with van der Waals surface area (Å²) in [5.41, 5.74) is 0. The Morgan fingerprint density at radius 2 is 2.12 bits per heavy atom. The van der Waals surface area contributed by atoms with Gasteiger partial charge in [0.25, 0.3) is 0 Å². The molecule has 0 atom stereocenters. The van der Waals surface area contributed by atoms with E-state index < -0.39 is 0 Å². The number of rotatable bonds is 8. The van der Waals surface area contributed by atoms with Gasteiger partial charge in [-0.15, -0.1) is 0 Å². The topological polar surface area (TPSA) is 67.4 Å². The molecule has 0 aromatic carbocycles. The Balaban J connectivity index is 1.86. The fraction of sp³-hybridized carbons (Fsp3) is 0.818. The van der Waals surface area contributed by atoms with Crippen LogP contribution in [-0.4, -0.2) is 37.6 Å².